The van der Waals surface area contributed by atoms with E-state index < -0.39 is 0 Å². The van der Waals surface area contributed by atoms with E-state index in [-0.39, 0.29) is 0 Å². The van der Waals surface area contributed by atoms with Crippen LogP contribution < -0.4 is 0 Å². The minimum atomic E-state index is 0.475. The minimum Gasteiger partial charge on any atom is -0.381 e. The van der Waals surface area contributed by atoms with Gasteiger partial charge in [0, 0.05) is 25.0 Å². The van der Waals surface area contributed by atoms with Crippen molar-refractivity contribution in [1.29, 1.82) is 0 Å². The third-order valence-corrected chi connectivity index (χ3v) is 4.48. The number of hydrogen-bond acceptors (Lipinski definition) is 3. The Balaban J connectivity index is 1.47. The molecule has 1 aromatic carbocycles. The molecule has 4 rings (SSSR count). The standard InChI is InChI=1S/C16H19N3O/c1-2-4-11(5-3-1)13-10-14(13)16-17-15(18-19-16)12-6-8-20-9-7-12/h1-5,12-14H,6-10H2,(H,17,18,19)/t13-,14+/m0/s1. The highest BCUT2D eigenvalue weighted by molar-refractivity contribution is 5.31. The fraction of sp³-hybridized carbons (Fsp3) is 0.500. The number of hydrogen-bond donors (Lipinski definition) is 1. The lowest BCUT2D eigenvalue weighted by atomic mass is 10.00. The maximum Gasteiger partial charge on any atom is 0.153 e. The third kappa shape index (κ3) is 2.24. The van der Waals surface area contributed by atoms with Gasteiger partial charge < -0.3 is 4.74 Å². The Bertz CT molecular complexity index is 574. The Labute approximate surface area is 118 Å². The lowest BCUT2D eigenvalue weighted by Crippen LogP contribution is -2.15. The molecule has 0 spiro atoms. The molecule has 0 amide bonds. The van der Waals surface area contributed by atoms with Gasteiger partial charge in [0.15, 0.2) is 5.82 Å². The van der Waals surface area contributed by atoms with Crippen molar-refractivity contribution >= 4 is 0 Å². The molecule has 2 aliphatic rings. The first-order valence-corrected chi connectivity index (χ1v) is 7.46. The average Bonchev–Trinajstić information content (AvgIpc) is 3.18. The molecule has 0 radical (unpaired) electrons. The van der Waals surface area contributed by atoms with Gasteiger partial charge in [0.2, 0.25) is 0 Å². The summed E-state index contributed by atoms with van der Waals surface area (Å²) in [4.78, 5) is 4.75. The van der Waals surface area contributed by atoms with Crippen molar-refractivity contribution in [3.05, 3.63) is 47.5 Å². The summed E-state index contributed by atoms with van der Waals surface area (Å²) in [5.41, 5.74) is 1.42. The molecular weight excluding hydrogens is 250 g/mol. The van der Waals surface area contributed by atoms with E-state index in [0.29, 0.717) is 17.8 Å². The monoisotopic (exact) mass is 269 g/mol. The highest BCUT2D eigenvalue weighted by Crippen LogP contribution is 2.53. The van der Waals surface area contributed by atoms with Gasteiger partial charge in [-0.25, -0.2) is 4.98 Å². The Morgan fingerprint density at radius 1 is 1.05 bits per heavy atom. The summed E-state index contributed by atoms with van der Waals surface area (Å²) in [6.45, 7) is 1.68. The second-order valence-corrected chi connectivity index (χ2v) is 5.82. The zero-order chi connectivity index (χ0) is 13.4. The van der Waals surface area contributed by atoms with Gasteiger partial charge >= 0.3 is 0 Å². The van der Waals surface area contributed by atoms with E-state index >= 15 is 0 Å². The molecule has 1 aliphatic carbocycles. The molecule has 4 heteroatoms. The Morgan fingerprint density at radius 3 is 2.65 bits per heavy atom. The molecule has 1 N–H and O–H groups in total. The summed E-state index contributed by atoms with van der Waals surface area (Å²) < 4.78 is 5.40. The van der Waals surface area contributed by atoms with Gasteiger partial charge in [-0.2, -0.15) is 5.10 Å². The highest BCUT2D eigenvalue weighted by Gasteiger charge is 2.42. The topological polar surface area (TPSA) is 50.8 Å². The fourth-order valence-electron chi connectivity index (χ4n) is 3.16. The molecule has 4 nitrogen and oxygen atoms in total. The molecule has 1 saturated carbocycles. The first kappa shape index (κ1) is 12.1. The van der Waals surface area contributed by atoms with Crippen LogP contribution >= 0.6 is 0 Å². The summed E-state index contributed by atoms with van der Waals surface area (Å²) in [6.07, 6.45) is 3.28. The normalized spacial score (nSPS) is 26.6. The Morgan fingerprint density at radius 2 is 1.85 bits per heavy atom. The van der Waals surface area contributed by atoms with E-state index in [4.69, 9.17) is 9.72 Å². The van der Waals surface area contributed by atoms with Gasteiger partial charge in [-0.05, 0) is 30.7 Å². The number of ether oxygens (including phenoxy) is 1. The van der Waals surface area contributed by atoms with Crippen molar-refractivity contribution in [1.82, 2.24) is 15.2 Å². The Hall–Kier alpha value is -1.68. The van der Waals surface area contributed by atoms with Crippen LogP contribution in [-0.2, 0) is 4.74 Å². The predicted octanol–water partition coefficient (Wildman–Crippen LogP) is 2.97. The van der Waals surface area contributed by atoms with Crippen molar-refractivity contribution in [3.8, 4) is 0 Å². The number of rotatable bonds is 3. The molecule has 20 heavy (non-hydrogen) atoms. The lowest BCUT2D eigenvalue weighted by Gasteiger charge is -2.18. The van der Waals surface area contributed by atoms with Crippen molar-refractivity contribution < 1.29 is 4.74 Å². The number of nitrogens with zero attached hydrogens (tertiary/aromatic N) is 2. The zero-order valence-electron chi connectivity index (χ0n) is 11.5. The number of H-pyrrole nitrogens is 1. The molecule has 104 valence electrons. The van der Waals surface area contributed by atoms with Gasteiger partial charge in [0.1, 0.15) is 5.82 Å². The molecule has 2 atom stereocenters. The van der Waals surface area contributed by atoms with Crippen molar-refractivity contribution in [2.24, 2.45) is 0 Å². The molecule has 0 unspecified atom stereocenters. The van der Waals surface area contributed by atoms with E-state index in [1.165, 1.54) is 12.0 Å². The largest absolute Gasteiger partial charge is 0.381 e. The fourth-order valence-corrected chi connectivity index (χ4v) is 3.16. The van der Waals surface area contributed by atoms with Crippen molar-refractivity contribution in [3.63, 3.8) is 0 Å². The van der Waals surface area contributed by atoms with E-state index in [1.54, 1.807) is 0 Å². The number of aromatic nitrogens is 3. The quantitative estimate of drug-likeness (QED) is 0.932. The van der Waals surface area contributed by atoms with Crippen LogP contribution in [0.25, 0.3) is 0 Å². The van der Waals surface area contributed by atoms with E-state index in [0.717, 1.165) is 37.7 Å². The molecular formula is C16H19N3O. The molecule has 2 aromatic rings. The first-order valence-electron chi connectivity index (χ1n) is 7.46. The van der Waals surface area contributed by atoms with Crippen LogP contribution in [0.15, 0.2) is 30.3 Å². The van der Waals surface area contributed by atoms with E-state index in [1.807, 2.05) is 0 Å². The third-order valence-electron chi connectivity index (χ3n) is 4.48. The predicted molar refractivity (Wildman–Crippen MR) is 75.7 cm³/mol. The van der Waals surface area contributed by atoms with Crippen LogP contribution in [0, 0.1) is 0 Å². The van der Waals surface area contributed by atoms with Gasteiger partial charge in [0.25, 0.3) is 0 Å². The Kier molecular flexibility index (Phi) is 3.03. The molecule has 0 bridgehead atoms. The average molecular weight is 269 g/mol. The van der Waals surface area contributed by atoms with Crippen LogP contribution in [0.3, 0.4) is 0 Å². The van der Waals surface area contributed by atoms with Crippen LogP contribution in [0.5, 0.6) is 0 Å². The maximum atomic E-state index is 5.40. The summed E-state index contributed by atoms with van der Waals surface area (Å²) in [7, 11) is 0. The van der Waals surface area contributed by atoms with Crippen LogP contribution in [0.2, 0.25) is 0 Å². The first-order chi connectivity index (χ1) is 9.92. The number of benzene rings is 1. The van der Waals surface area contributed by atoms with Gasteiger partial charge in [-0.1, -0.05) is 30.3 Å². The van der Waals surface area contributed by atoms with Crippen LogP contribution in [-0.4, -0.2) is 28.4 Å². The van der Waals surface area contributed by atoms with Crippen molar-refractivity contribution in [2.45, 2.75) is 37.0 Å². The van der Waals surface area contributed by atoms with E-state index in [9.17, 15) is 0 Å². The number of aromatic amines is 1. The molecule has 1 saturated heterocycles. The minimum absolute atomic E-state index is 0.475. The second kappa shape index (κ2) is 5.02. The highest BCUT2D eigenvalue weighted by atomic mass is 16.5. The summed E-state index contributed by atoms with van der Waals surface area (Å²) in [5.74, 6) is 3.68. The van der Waals surface area contributed by atoms with E-state index in [2.05, 4.69) is 40.5 Å². The summed E-state index contributed by atoms with van der Waals surface area (Å²) in [5, 5.41) is 7.60. The molecule has 1 aromatic heterocycles. The maximum absolute atomic E-state index is 5.40. The molecule has 2 heterocycles. The molecule has 1 aliphatic heterocycles. The van der Waals surface area contributed by atoms with Crippen LogP contribution in [0.1, 0.15) is 54.2 Å². The van der Waals surface area contributed by atoms with Crippen LogP contribution in [0.4, 0.5) is 0 Å². The summed E-state index contributed by atoms with van der Waals surface area (Å²) >= 11 is 0. The van der Waals surface area contributed by atoms with Gasteiger partial charge in [-0.3, -0.25) is 5.10 Å². The SMILES string of the molecule is c1ccc([C@@H]2C[C@H]2c2nc(C3CCOCC3)n[nH]2)cc1. The molecule has 2 fully saturated rings. The summed E-state index contributed by atoms with van der Waals surface area (Å²) in [6, 6.07) is 10.7. The zero-order valence-corrected chi connectivity index (χ0v) is 11.5. The van der Waals surface area contributed by atoms with Gasteiger partial charge in [0.05, 0.1) is 0 Å². The van der Waals surface area contributed by atoms with Crippen molar-refractivity contribution in [2.75, 3.05) is 13.2 Å². The number of nitrogens with one attached hydrogen (secondary N) is 1. The smallest absolute Gasteiger partial charge is 0.153 e. The second-order valence-electron chi connectivity index (χ2n) is 5.82. The lowest BCUT2D eigenvalue weighted by molar-refractivity contribution is 0.0836. The van der Waals surface area contributed by atoms with Gasteiger partial charge in [-0.15, -0.1) is 0 Å².